The minimum Gasteiger partial charge on any atom is -0.468 e. The summed E-state index contributed by atoms with van der Waals surface area (Å²) in [6, 6.07) is 10.0. The summed E-state index contributed by atoms with van der Waals surface area (Å²) in [7, 11) is 1.43. The summed E-state index contributed by atoms with van der Waals surface area (Å²) in [5, 5.41) is 3.41. The third-order valence-corrected chi connectivity index (χ3v) is 4.22. The lowest BCUT2D eigenvalue weighted by atomic mass is 9.78. The minimum atomic E-state index is -0.846. The van der Waals surface area contributed by atoms with Crippen molar-refractivity contribution in [2.75, 3.05) is 7.11 Å². The van der Waals surface area contributed by atoms with E-state index in [-0.39, 0.29) is 11.6 Å². The lowest BCUT2D eigenvalue weighted by Gasteiger charge is -2.38. The first-order valence-corrected chi connectivity index (χ1v) is 7.30. The van der Waals surface area contributed by atoms with E-state index < -0.39 is 11.1 Å². The van der Waals surface area contributed by atoms with Gasteiger partial charge in [0.05, 0.1) is 18.3 Å². The molecule has 21 heavy (non-hydrogen) atoms. The molecule has 1 aromatic rings. The Bertz CT molecular complexity index is 510. The summed E-state index contributed by atoms with van der Waals surface area (Å²) in [5.41, 5.74) is -0.734. The van der Waals surface area contributed by atoms with E-state index in [9.17, 15) is 4.79 Å². The molecule has 0 amide bonds. The number of methoxy groups -OCH3 is 1. The number of esters is 1. The summed E-state index contributed by atoms with van der Waals surface area (Å²) in [6.07, 6.45) is 0.576. The molecule has 1 N–H and O–H groups in total. The molecule has 1 aliphatic rings. The number of rotatable bonds is 4. The van der Waals surface area contributed by atoms with Crippen molar-refractivity contribution in [3.05, 3.63) is 35.9 Å². The van der Waals surface area contributed by atoms with Crippen molar-refractivity contribution in [1.29, 1.82) is 0 Å². The fourth-order valence-electron chi connectivity index (χ4n) is 3.35. The molecule has 116 valence electrons. The Labute approximate surface area is 126 Å². The zero-order valence-corrected chi connectivity index (χ0v) is 13.5. The number of hydrogen-bond donors (Lipinski definition) is 1. The Morgan fingerprint density at radius 2 is 1.86 bits per heavy atom. The quantitative estimate of drug-likeness (QED) is 0.866. The van der Waals surface area contributed by atoms with Gasteiger partial charge in [-0.3, -0.25) is 5.32 Å². The molecule has 0 radical (unpaired) electrons. The van der Waals surface area contributed by atoms with Crippen LogP contribution in [-0.2, 0) is 20.8 Å². The van der Waals surface area contributed by atoms with Crippen LogP contribution >= 0.6 is 0 Å². The first-order chi connectivity index (χ1) is 9.72. The lowest BCUT2D eigenvalue weighted by Crippen LogP contribution is -2.62. The lowest BCUT2D eigenvalue weighted by molar-refractivity contribution is -0.157. The summed E-state index contributed by atoms with van der Waals surface area (Å²) < 4.78 is 11.2. The van der Waals surface area contributed by atoms with Crippen molar-refractivity contribution in [3.8, 4) is 0 Å². The second-order valence-electron chi connectivity index (χ2n) is 6.78. The fourth-order valence-corrected chi connectivity index (χ4v) is 3.35. The SMILES string of the molecule is COC(=O)C1(NCc2ccccc2)CC(C)(C)OC1(C)C. The van der Waals surface area contributed by atoms with Crippen molar-refractivity contribution in [2.24, 2.45) is 0 Å². The van der Waals surface area contributed by atoms with Crippen molar-refractivity contribution in [1.82, 2.24) is 5.32 Å². The van der Waals surface area contributed by atoms with Crippen LogP contribution in [0.4, 0.5) is 0 Å². The Kier molecular flexibility index (Phi) is 4.13. The Morgan fingerprint density at radius 1 is 1.24 bits per heavy atom. The van der Waals surface area contributed by atoms with Gasteiger partial charge >= 0.3 is 5.97 Å². The van der Waals surface area contributed by atoms with Crippen LogP contribution in [0.25, 0.3) is 0 Å². The third-order valence-electron chi connectivity index (χ3n) is 4.22. The van der Waals surface area contributed by atoms with Gasteiger partial charge in [-0.1, -0.05) is 30.3 Å². The Hall–Kier alpha value is -1.39. The number of carbonyl (C=O) groups is 1. The molecule has 1 unspecified atom stereocenters. The zero-order valence-electron chi connectivity index (χ0n) is 13.5. The van der Waals surface area contributed by atoms with Gasteiger partial charge in [0.2, 0.25) is 0 Å². The molecule has 4 nitrogen and oxygen atoms in total. The molecule has 0 spiro atoms. The van der Waals surface area contributed by atoms with Gasteiger partial charge < -0.3 is 9.47 Å². The van der Waals surface area contributed by atoms with Crippen LogP contribution < -0.4 is 5.32 Å². The van der Waals surface area contributed by atoms with E-state index in [0.717, 1.165) is 5.56 Å². The molecule has 0 aliphatic carbocycles. The number of nitrogens with one attached hydrogen (secondary N) is 1. The molecule has 1 heterocycles. The van der Waals surface area contributed by atoms with Gasteiger partial charge in [0.1, 0.15) is 5.54 Å². The Balaban J connectivity index is 2.28. The molecule has 1 fully saturated rings. The van der Waals surface area contributed by atoms with Gasteiger partial charge in [-0.05, 0) is 33.3 Å². The zero-order chi connectivity index (χ0) is 15.7. The van der Waals surface area contributed by atoms with Crippen LogP contribution in [0.1, 0.15) is 39.7 Å². The van der Waals surface area contributed by atoms with E-state index in [1.54, 1.807) is 0 Å². The monoisotopic (exact) mass is 291 g/mol. The van der Waals surface area contributed by atoms with E-state index in [1.165, 1.54) is 7.11 Å². The first-order valence-electron chi connectivity index (χ1n) is 7.30. The average molecular weight is 291 g/mol. The highest BCUT2D eigenvalue weighted by atomic mass is 16.6. The van der Waals surface area contributed by atoms with E-state index >= 15 is 0 Å². The standard InChI is InChI=1S/C17H25NO3/c1-15(2)12-17(14(19)20-5,16(3,4)21-15)18-11-13-9-7-6-8-10-13/h6-10,18H,11-12H2,1-5H3. The largest absolute Gasteiger partial charge is 0.468 e. The van der Waals surface area contributed by atoms with Crippen LogP contribution in [-0.4, -0.2) is 29.8 Å². The van der Waals surface area contributed by atoms with Crippen molar-refractivity contribution in [3.63, 3.8) is 0 Å². The van der Waals surface area contributed by atoms with E-state index in [2.05, 4.69) is 5.32 Å². The number of hydrogen-bond acceptors (Lipinski definition) is 4. The molecular weight excluding hydrogens is 266 g/mol. The Morgan fingerprint density at radius 3 is 2.33 bits per heavy atom. The maximum Gasteiger partial charge on any atom is 0.329 e. The maximum absolute atomic E-state index is 12.5. The highest BCUT2D eigenvalue weighted by molar-refractivity contribution is 5.83. The minimum absolute atomic E-state index is 0.269. The van der Waals surface area contributed by atoms with Crippen LogP contribution in [0.15, 0.2) is 30.3 Å². The summed E-state index contributed by atoms with van der Waals surface area (Å²) in [6.45, 7) is 8.49. The number of benzene rings is 1. The van der Waals surface area contributed by atoms with Crippen molar-refractivity contribution in [2.45, 2.75) is 57.4 Å². The van der Waals surface area contributed by atoms with Gasteiger partial charge in [-0.15, -0.1) is 0 Å². The summed E-state index contributed by atoms with van der Waals surface area (Å²) in [4.78, 5) is 12.5. The highest BCUT2D eigenvalue weighted by Gasteiger charge is 2.62. The predicted octanol–water partition coefficient (Wildman–Crippen LogP) is 2.67. The van der Waals surface area contributed by atoms with Crippen LogP contribution in [0, 0.1) is 0 Å². The summed E-state index contributed by atoms with van der Waals surface area (Å²) in [5.74, 6) is -0.269. The van der Waals surface area contributed by atoms with Gasteiger partial charge in [-0.2, -0.15) is 0 Å². The van der Waals surface area contributed by atoms with E-state index in [1.807, 2.05) is 58.0 Å². The van der Waals surface area contributed by atoms with Gasteiger partial charge in [0, 0.05) is 13.0 Å². The van der Waals surface area contributed by atoms with E-state index in [4.69, 9.17) is 9.47 Å². The number of carbonyl (C=O) groups excluding carboxylic acids is 1. The molecule has 0 aromatic heterocycles. The fraction of sp³-hybridized carbons (Fsp3) is 0.588. The second-order valence-corrected chi connectivity index (χ2v) is 6.78. The predicted molar refractivity (Wildman–Crippen MR) is 81.9 cm³/mol. The topological polar surface area (TPSA) is 47.6 Å². The van der Waals surface area contributed by atoms with Crippen LogP contribution in [0.5, 0.6) is 0 Å². The van der Waals surface area contributed by atoms with Crippen molar-refractivity contribution >= 4 is 5.97 Å². The first kappa shape index (κ1) is 16.0. The number of ether oxygens (including phenoxy) is 2. The average Bonchev–Trinajstić information content (AvgIpc) is 2.61. The summed E-state index contributed by atoms with van der Waals surface area (Å²) >= 11 is 0. The van der Waals surface area contributed by atoms with Crippen molar-refractivity contribution < 1.29 is 14.3 Å². The van der Waals surface area contributed by atoms with Gasteiger partial charge in [0.25, 0.3) is 0 Å². The molecule has 1 saturated heterocycles. The van der Waals surface area contributed by atoms with Crippen LogP contribution in [0.3, 0.4) is 0 Å². The van der Waals surface area contributed by atoms with Gasteiger partial charge in [-0.25, -0.2) is 4.79 Å². The molecule has 2 rings (SSSR count). The molecule has 1 aromatic carbocycles. The maximum atomic E-state index is 12.5. The molecule has 0 bridgehead atoms. The normalized spacial score (nSPS) is 26.5. The molecule has 4 heteroatoms. The highest BCUT2D eigenvalue weighted by Crippen LogP contribution is 2.45. The van der Waals surface area contributed by atoms with Gasteiger partial charge in [0.15, 0.2) is 0 Å². The molecule has 1 atom stereocenters. The molecule has 1 aliphatic heterocycles. The smallest absolute Gasteiger partial charge is 0.329 e. The van der Waals surface area contributed by atoms with Crippen LogP contribution in [0.2, 0.25) is 0 Å². The third kappa shape index (κ3) is 2.97. The van der Waals surface area contributed by atoms with E-state index in [0.29, 0.717) is 13.0 Å². The molecule has 0 saturated carbocycles. The second kappa shape index (κ2) is 5.43. The molecular formula is C17H25NO3.